The number of pyridine rings is 1. The second kappa shape index (κ2) is 12.0. The molecule has 1 aliphatic heterocycles. The molecule has 10 heteroatoms. The molecule has 1 fully saturated rings. The van der Waals surface area contributed by atoms with Crippen molar-refractivity contribution in [3.8, 4) is 0 Å². The number of nitrogens with zero attached hydrogens (tertiary/aromatic N) is 2. The van der Waals surface area contributed by atoms with Gasteiger partial charge in [-0.3, -0.25) is 9.59 Å². The summed E-state index contributed by atoms with van der Waals surface area (Å²) in [6.45, 7) is 3.04. The Kier molecular flexibility index (Phi) is 8.07. The van der Waals surface area contributed by atoms with Gasteiger partial charge < -0.3 is 30.0 Å². The topological polar surface area (TPSA) is 124 Å². The van der Waals surface area contributed by atoms with Crippen LogP contribution in [0.25, 0.3) is 11.0 Å². The highest BCUT2D eigenvalue weighted by atomic mass is 16.5. The maximum Gasteiger partial charge on any atom is 0.356 e. The van der Waals surface area contributed by atoms with Gasteiger partial charge in [0, 0.05) is 36.7 Å². The van der Waals surface area contributed by atoms with Crippen molar-refractivity contribution in [2.24, 2.45) is 0 Å². The van der Waals surface area contributed by atoms with Gasteiger partial charge in [0.05, 0.1) is 37.3 Å². The number of hydrogen-bond donors (Lipinski definition) is 3. The summed E-state index contributed by atoms with van der Waals surface area (Å²) in [7, 11) is 1.32. The lowest BCUT2D eigenvalue weighted by molar-refractivity contribution is -0.114. The van der Waals surface area contributed by atoms with E-state index in [1.807, 2.05) is 36.4 Å². The molecule has 2 aromatic heterocycles. The fourth-order valence-electron chi connectivity index (χ4n) is 4.82. The number of amides is 2. The zero-order chi connectivity index (χ0) is 28.1. The van der Waals surface area contributed by atoms with Crippen LogP contribution < -0.4 is 16.0 Å². The average molecular weight is 542 g/mol. The highest BCUT2D eigenvalue weighted by Gasteiger charge is 2.29. The normalized spacial score (nSPS) is 14.6. The van der Waals surface area contributed by atoms with Gasteiger partial charge in [0.25, 0.3) is 5.91 Å². The average Bonchev–Trinajstić information content (AvgIpc) is 3.59. The molecule has 3 N–H and O–H groups in total. The monoisotopic (exact) mass is 541 g/mol. The van der Waals surface area contributed by atoms with Gasteiger partial charge in [0.2, 0.25) is 5.91 Å². The van der Waals surface area contributed by atoms with E-state index in [4.69, 9.17) is 14.5 Å². The first-order valence-electron chi connectivity index (χ1n) is 13.1. The number of esters is 1. The number of hydrogen-bond acceptors (Lipinski definition) is 7. The summed E-state index contributed by atoms with van der Waals surface area (Å²) in [5.74, 6) is -1.05. The molecule has 0 saturated carbocycles. The fraction of sp³-hybridized carbons (Fsp3) is 0.267. The molecule has 0 aliphatic carbocycles. The van der Waals surface area contributed by atoms with E-state index in [2.05, 4.69) is 16.0 Å². The van der Waals surface area contributed by atoms with Gasteiger partial charge in [-0.1, -0.05) is 30.3 Å². The standard InChI is InChI=1S/C30H31N5O5/c1-19(36)33-22-12-10-20(11-13-22)16-31-23-15-25-26(34-29(37)21-7-4-3-5-8-21)27(30(38)39-2)35(28(25)32-17-23)18-24-9-6-14-40-24/h3-5,7-8,10-13,15,17,24,31H,6,9,14,16,18H2,1-2H3,(H,33,36)(H,34,37). The maximum absolute atomic E-state index is 13.2. The first-order chi connectivity index (χ1) is 19.4. The number of rotatable bonds is 9. The molecular weight excluding hydrogens is 510 g/mol. The second-order valence-electron chi connectivity index (χ2n) is 9.61. The van der Waals surface area contributed by atoms with Crippen molar-refractivity contribution in [3.63, 3.8) is 0 Å². The predicted molar refractivity (Wildman–Crippen MR) is 153 cm³/mol. The third-order valence-electron chi connectivity index (χ3n) is 6.73. The summed E-state index contributed by atoms with van der Waals surface area (Å²) in [4.78, 5) is 42.3. The molecular formula is C30H31N5O5. The SMILES string of the molecule is COC(=O)c1c(NC(=O)c2ccccc2)c2cc(NCc3ccc(NC(C)=O)cc3)cnc2n1CC1CCCO1. The molecule has 1 aliphatic rings. The highest BCUT2D eigenvalue weighted by Crippen LogP contribution is 2.34. The van der Waals surface area contributed by atoms with Crippen LogP contribution in [0, 0.1) is 0 Å². The van der Waals surface area contributed by atoms with Crippen LogP contribution in [-0.2, 0) is 27.4 Å². The first kappa shape index (κ1) is 26.9. The number of nitrogens with one attached hydrogen (secondary N) is 3. The Morgan fingerprint density at radius 3 is 2.50 bits per heavy atom. The lowest BCUT2D eigenvalue weighted by Gasteiger charge is -2.14. The van der Waals surface area contributed by atoms with Crippen LogP contribution in [-0.4, -0.2) is 47.2 Å². The van der Waals surface area contributed by atoms with E-state index in [1.54, 1.807) is 35.0 Å². The minimum Gasteiger partial charge on any atom is -0.464 e. The van der Waals surface area contributed by atoms with Crippen LogP contribution >= 0.6 is 0 Å². The van der Waals surface area contributed by atoms with Crippen molar-refractivity contribution < 1.29 is 23.9 Å². The largest absolute Gasteiger partial charge is 0.464 e. The van der Waals surface area contributed by atoms with Crippen LogP contribution in [0.3, 0.4) is 0 Å². The van der Waals surface area contributed by atoms with E-state index in [-0.39, 0.29) is 23.6 Å². The number of ether oxygens (including phenoxy) is 2. The van der Waals surface area contributed by atoms with Crippen molar-refractivity contribution in [2.45, 2.75) is 39.0 Å². The summed E-state index contributed by atoms with van der Waals surface area (Å²) in [6, 6.07) is 18.2. The molecule has 1 atom stereocenters. The highest BCUT2D eigenvalue weighted by molar-refractivity contribution is 6.14. The zero-order valence-electron chi connectivity index (χ0n) is 22.4. The summed E-state index contributed by atoms with van der Waals surface area (Å²) in [5, 5.41) is 9.67. The van der Waals surface area contributed by atoms with Gasteiger partial charge in [-0.25, -0.2) is 9.78 Å². The van der Waals surface area contributed by atoms with Gasteiger partial charge in [0.1, 0.15) is 5.65 Å². The molecule has 40 heavy (non-hydrogen) atoms. The molecule has 4 aromatic rings. The third kappa shape index (κ3) is 5.97. The molecule has 0 radical (unpaired) electrons. The summed E-state index contributed by atoms with van der Waals surface area (Å²) >= 11 is 0. The Morgan fingerprint density at radius 2 is 1.82 bits per heavy atom. The third-order valence-corrected chi connectivity index (χ3v) is 6.73. The van der Waals surface area contributed by atoms with Crippen LogP contribution in [0.5, 0.6) is 0 Å². The molecule has 1 saturated heterocycles. The number of carbonyl (C=O) groups is 3. The molecule has 2 aromatic carbocycles. The summed E-state index contributed by atoms with van der Waals surface area (Å²) in [6.07, 6.45) is 3.44. The van der Waals surface area contributed by atoms with Crippen molar-refractivity contribution in [1.29, 1.82) is 0 Å². The van der Waals surface area contributed by atoms with E-state index in [1.165, 1.54) is 14.0 Å². The van der Waals surface area contributed by atoms with Gasteiger partial charge in [-0.15, -0.1) is 0 Å². The number of carbonyl (C=O) groups excluding carboxylic acids is 3. The van der Waals surface area contributed by atoms with Crippen molar-refractivity contribution >= 4 is 45.9 Å². The smallest absolute Gasteiger partial charge is 0.356 e. The minimum absolute atomic E-state index is 0.0725. The van der Waals surface area contributed by atoms with E-state index >= 15 is 0 Å². The molecule has 2 amide bonds. The first-order valence-corrected chi connectivity index (χ1v) is 13.1. The maximum atomic E-state index is 13.2. The Bertz CT molecular complexity index is 1530. The molecule has 5 rings (SSSR count). The molecule has 206 valence electrons. The van der Waals surface area contributed by atoms with Gasteiger partial charge in [-0.2, -0.15) is 0 Å². The molecule has 3 heterocycles. The Balaban J connectivity index is 1.50. The van der Waals surface area contributed by atoms with E-state index in [0.717, 1.165) is 24.1 Å². The fourth-order valence-corrected chi connectivity index (χ4v) is 4.82. The van der Waals surface area contributed by atoms with Gasteiger partial charge >= 0.3 is 5.97 Å². The van der Waals surface area contributed by atoms with Crippen molar-refractivity contribution in [2.75, 3.05) is 29.7 Å². The second-order valence-corrected chi connectivity index (χ2v) is 9.61. The van der Waals surface area contributed by atoms with Crippen LogP contribution in [0.2, 0.25) is 0 Å². The number of methoxy groups -OCH3 is 1. The lowest BCUT2D eigenvalue weighted by atomic mass is 10.2. The van der Waals surface area contributed by atoms with Gasteiger partial charge in [-0.05, 0) is 48.7 Å². The Morgan fingerprint density at radius 1 is 1.05 bits per heavy atom. The summed E-state index contributed by atoms with van der Waals surface area (Å²) in [5.41, 5.74) is 3.99. The number of aromatic nitrogens is 2. The van der Waals surface area contributed by atoms with Crippen molar-refractivity contribution in [1.82, 2.24) is 9.55 Å². The Labute approximate surface area is 231 Å². The molecule has 0 bridgehead atoms. The molecule has 10 nitrogen and oxygen atoms in total. The minimum atomic E-state index is -0.576. The van der Waals surface area contributed by atoms with Crippen LogP contribution in [0.1, 0.15) is 46.2 Å². The Hall–Kier alpha value is -4.70. The van der Waals surface area contributed by atoms with Crippen LogP contribution in [0.4, 0.5) is 17.1 Å². The van der Waals surface area contributed by atoms with Crippen LogP contribution in [0.15, 0.2) is 66.9 Å². The number of fused-ring (bicyclic) bond motifs is 1. The van der Waals surface area contributed by atoms with E-state index in [9.17, 15) is 14.4 Å². The number of benzene rings is 2. The van der Waals surface area contributed by atoms with E-state index in [0.29, 0.717) is 47.7 Å². The lowest BCUT2D eigenvalue weighted by Crippen LogP contribution is -2.21. The summed E-state index contributed by atoms with van der Waals surface area (Å²) < 4.78 is 12.8. The van der Waals surface area contributed by atoms with Crippen molar-refractivity contribution in [3.05, 3.63) is 83.7 Å². The molecule has 0 spiro atoms. The predicted octanol–water partition coefficient (Wildman–Crippen LogP) is 4.82. The zero-order valence-corrected chi connectivity index (χ0v) is 22.4. The number of anilines is 3. The molecule has 1 unspecified atom stereocenters. The quantitative estimate of drug-likeness (QED) is 0.260. The van der Waals surface area contributed by atoms with Gasteiger partial charge in [0.15, 0.2) is 5.69 Å². The van der Waals surface area contributed by atoms with E-state index < -0.39 is 5.97 Å².